The van der Waals surface area contributed by atoms with Gasteiger partial charge in [0.2, 0.25) is 0 Å². The number of benzene rings is 9. The van der Waals surface area contributed by atoms with Crippen molar-refractivity contribution in [2.75, 3.05) is 0 Å². The lowest BCUT2D eigenvalue weighted by Crippen LogP contribution is -2.00. The second-order valence-corrected chi connectivity index (χ2v) is 14.4. The molecule has 12 rings (SSSR count). The fraction of sp³-hybridized carbons (Fsp3) is 0. The molecule has 0 aliphatic rings. The summed E-state index contributed by atoms with van der Waals surface area (Å²) in [7, 11) is 0. The summed E-state index contributed by atoms with van der Waals surface area (Å²) in [5.74, 6) is 1.83. The number of rotatable bonds is 4. The summed E-state index contributed by atoms with van der Waals surface area (Å²) in [6.07, 6.45) is 0. The van der Waals surface area contributed by atoms with E-state index in [0.29, 0.717) is 17.5 Å². The molecule has 3 aromatic heterocycles. The van der Waals surface area contributed by atoms with Crippen LogP contribution >= 0.6 is 0 Å². The second-order valence-electron chi connectivity index (χ2n) is 14.4. The molecule has 0 amide bonds. The van der Waals surface area contributed by atoms with Gasteiger partial charge in [0, 0.05) is 49.0 Å². The lowest BCUT2D eigenvalue weighted by atomic mass is 10.0. The van der Waals surface area contributed by atoms with Crippen molar-refractivity contribution < 1.29 is 4.42 Å². The van der Waals surface area contributed by atoms with Crippen LogP contribution in [0.3, 0.4) is 0 Å². The van der Waals surface area contributed by atoms with Gasteiger partial charge in [0.15, 0.2) is 17.5 Å². The van der Waals surface area contributed by atoms with Gasteiger partial charge < -0.3 is 8.98 Å². The van der Waals surface area contributed by atoms with Crippen LogP contribution in [0.4, 0.5) is 0 Å². The second kappa shape index (κ2) is 11.9. The van der Waals surface area contributed by atoms with Gasteiger partial charge in [-0.05, 0) is 51.9 Å². The zero-order valence-corrected chi connectivity index (χ0v) is 30.0. The Balaban J connectivity index is 1.20. The van der Waals surface area contributed by atoms with Gasteiger partial charge >= 0.3 is 0 Å². The highest BCUT2D eigenvalue weighted by Gasteiger charge is 2.23. The number of fused-ring (bicyclic) bond motifs is 11. The molecule has 5 heteroatoms. The van der Waals surface area contributed by atoms with Crippen LogP contribution in [0.5, 0.6) is 0 Å². The van der Waals surface area contributed by atoms with E-state index in [-0.39, 0.29) is 0 Å². The Hall–Kier alpha value is -7.63. The van der Waals surface area contributed by atoms with Gasteiger partial charge in [0.05, 0.1) is 16.7 Å². The molecule has 0 aliphatic carbocycles. The Morgan fingerprint density at radius 2 is 0.982 bits per heavy atom. The van der Waals surface area contributed by atoms with Crippen LogP contribution in [-0.2, 0) is 0 Å². The largest absolute Gasteiger partial charge is 0.455 e. The molecule has 12 aromatic rings. The first kappa shape index (κ1) is 30.8. The lowest BCUT2D eigenvalue weighted by molar-refractivity contribution is 0.672. The van der Waals surface area contributed by atoms with Crippen molar-refractivity contribution in [2.45, 2.75) is 0 Å². The Labute approximate surface area is 320 Å². The van der Waals surface area contributed by atoms with Crippen LogP contribution in [0.1, 0.15) is 0 Å². The number of hydrogen-bond acceptors (Lipinski definition) is 4. The van der Waals surface area contributed by atoms with E-state index in [9.17, 15) is 0 Å². The van der Waals surface area contributed by atoms with E-state index in [1.807, 2.05) is 72.8 Å². The summed E-state index contributed by atoms with van der Waals surface area (Å²) in [6.45, 7) is 0. The van der Waals surface area contributed by atoms with Gasteiger partial charge in [0.25, 0.3) is 0 Å². The van der Waals surface area contributed by atoms with Gasteiger partial charge in [0.1, 0.15) is 11.2 Å². The van der Waals surface area contributed by atoms with E-state index in [0.717, 1.165) is 66.1 Å². The van der Waals surface area contributed by atoms with Crippen LogP contribution < -0.4 is 0 Å². The molecule has 0 bridgehead atoms. The topological polar surface area (TPSA) is 56.7 Å². The monoisotopic (exact) mass is 714 g/mol. The molecular formula is C51H30N4O. The molecule has 0 aliphatic heterocycles. The van der Waals surface area contributed by atoms with Crippen molar-refractivity contribution in [3.8, 4) is 39.9 Å². The standard InChI is InChI=1S/C51H30N4O/c1-3-15-32(16-4-1)49-52-50(33-17-5-2-6-18-33)54-51(53-49)39-24-13-25-45-47(39)41-30-44(37-22-11-12-23-38(37)48(41)56-45)55-42-27-26-31-14-9-10-21-36(31)46(42)40-28-34-19-7-8-20-35(34)29-43(40)55/h1-30H. The maximum absolute atomic E-state index is 6.84. The summed E-state index contributed by atoms with van der Waals surface area (Å²) in [5.41, 5.74) is 7.76. The Morgan fingerprint density at radius 1 is 0.375 bits per heavy atom. The SMILES string of the molecule is c1ccc(-c2nc(-c3ccccc3)nc(-c3cccc4oc5c6ccccc6c(-n6c7cc8ccccc8cc7c7c8ccccc8ccc76)cc5c34)n2)cc1. The first-order valence-corrected chi connectivity index (χ1v) is 18.9. The number of furan rings is 1. The predicted octanol–water partition coefficient (Wildman–Crippen LogP) is 13.3. The zero-order valence-electron chi connectivity index (χ0n) is 30.0. The van der Waals surface area contributed by atoms with Gasteiger partial charge in [-0.3, -0.25) is 0 Å². The van der Waals surface area contributed by atoms with Crippen LogP contribution in [0, 0.1) is 0 Å². The molecule has 0 radical (unpaired) electrons. The quantitative estimate of drug-likeness (QED) is 0.182. The summed E-state index contributed by atoms with van der Waals surface area (Å²) in [4.78, 5) is 15.3. The predicted molar refractivity (Wildman–Crippen MR) is 230 cm³/mol. The van der Waals surface area contributed by atoms with Gasteiger partial charge in [-0.25, -0.2) is 15.0 Å². The smallest absolute Gasteiger partial charge is 0.164 e. The van der Waals surface area contributed by atoms with Gasteiger partial charge in [-0.2, -0.15) is 0 Å². The van der Waals surface area contributed by atoms with Crippen LogP contribution in [0.2, 0.25) is 0 Å². The highest BCUT2D eigenvalue weighted by molar-refractivity contribution is 6.25. The third kappa shape index (κ3) is 4.58. The maximum Gasteiger partial charge on any atom is 0.164 e. The van der Waals surface area contributed by atoms with Gasteiger partial charge in [-0.1, -0.05) is 152 Å². The molecule has 0 spiro atoms. The van der Waals surface area contributed by atoms with Crippen LogP contribution in [-0.4, -0.2) is 19.5 Å². The molecular weight excluding hydrogens is 685 g/mol. The Morgan fingerprint density at radius 3 is 1.71 bits per heavy atom. The molecule has 0 saturated carbocycles. The Kier molecular flexibility index (Phi) is 6.56. The normalized spacial score (nSPS) is 11.9. The van der Waals surface area contributed by atoms with Gasteiger partial charge in [-0.15, -0.1) is 0 Å². The summed E-state index contributed by atoms with van der Waals surface area (Å²) in [6, 6.07) is 63.9. The van der Waals surface area contributed by atoms with E-state index >= 15 is 0 Å². The molecule has 0 fully saturated rings. The van der Waals surface area contributed by atoms with E-state index < -0.39 is 0 Å². The molecule has 0 saturated heterocycles. The maximum atomic E-state index is 6.84. The minimum atomic E-state index is 0.593. The average Bonchev–Trinajstić information content (AvgIpc) is 3.81. The summed E-state index contributed by atoms with van der Waals surface area (Å²) < 4.78 is 9.29. The molecule has 5 nitrogen and oxygen atoms in total. The fourth-order valence-electron chi connectivity index (χ4n) is 8.66. The highest BCUT2D eigenvalue weighted by atomic mass is 16.3. The van der Waals surface area contributed by atoms with Crippen molar-refractivity contribution in [3.63, 3.8) is 0 Å². The van der Waals surface area contributed by atoms with Crippen molar-refractivity contribution >= 4 is 76.1 Å². The third-order valence-corrected chi connectivity index (χ3v) is 11.2. The minimum absolute atomic E-state index is 0.593. The molecule has 56 heavy (non-hydrogen) atoms. The Bertz CT molecular complexity index is 3470. The molecule has 260 valence electrons. The zero-order chi connectivity index (χ0) is 36.7. The third-order valence-electron chi connectivity index (χ3n) is 11.2. The van der Waals surface area contributed by atoms with E-state index in [4.69, 9.17) is 19.4 Å². The first-order chi connectivity index (χ1) is 27.8. The van der Waals surface area contributed by atoms with Crippen molar-refractivity contribution in [1.82, 2.24) is 19.5 Å². The fourth-order valence-corrected chi connectivity index (χ4v) is 8.66. The number of aromatic nitrogens is 4. The summed E-state index contributed by atoms with van der Waals surface area (Å²) in [5, 5.41) is 11.5. The van der Waals surface area contributed by atoms with E-state index in [1.165, 1.54) is 32.3 Å². The molecule has 3 heterocycles. The molecule has 0 N–H and O–H groups in total. The van der Waals surface area contributed by atoms with Crippen molar-refractivity contribution in [2.24, 2.45) is 0 Å². The van der Waals surface area contributed by atoms with Crippen LogP contribution in [0.15, 0.2) is 186 Å². The van der Waals surface area contributed by atoms with Crippen molar-refractivity contribution in [3.05, 3.63) is 182 Å². The minimum Gasteiger partial charge on any atom is -0.455 e. The van der Waals surface area contributed by atoms with E-state index in [1.54, 1.807) is 0 Å². The van der Waals surface area contributed by atoms with Crippen LogP contribution in [0.25, 0.3) is 116 Å². The summed E-state index contributed by atoms with van der Waals surface area (Å²) >= 11 is 0. The number of hydrogen-bond donors (Lipinski definition) is 0. The van der Waals surface area contributed by atoms with E-state index in [2.05, 4.69) is 114 Å². The lowest BCUT2D eigenvalue weighted by Gasteiger charge is -2.13. The molecule has 0 unspecified atom stereocenters. The molecule has 9 aromatic carbocycles. The number of nitrogens with zero attached hydrogens (tertiary/aromatic N) is 4. The highest BCUT2D eigenvalue weighted by Crippen LogP contribution is 2.45. The first-order valence-electron chi connectivity index (χ1n) is 18.9. The van der Waals surface area contributed by atoms with Crippen molar-refractivity contribution in [1.29, 1.82) is 0 Å². The molecule has 0 atom stereocenters. The average molecular weight is 715 g/mol.